The van der Waals surface area contributed by atoms with Crippen molar-refractivity contribution in [3.05, 3.63) is 52.5 Å². The van der Waals surface area contributed by atoms with Crippen molar-refractivity contribution >= 4 is 28.8 Å². The zero-order chi connectivity index (χ0) is 19.5. The molecule has 2 aromatic rings. The first-order valence-electron chi connectivity index (χ1n) is 9.58. The van der Waals surface area contributed by atoms with Gasteiger partial charge in [0.25, 0.3) is 0 Å². The van der Waals surface area contributed by atoms with Crippen molar-refractivity contribution in [2.24, 2.45) is 5.92 Å². The summed E-state index contributed by atoms with van der Waals surface area (Å²) in [5.41, 5.74) is 0.637. The zero-order valence-electron chi connectivity index (χ0n) is 15.6. The van der Waals surface area contributed by atoms with Gasteiger partial charge in [0, 0.05) is 42.8 Å². The minimum absolute atomic E-state index is 0.0262. The molecule has 2 fully saturated rings. The quantitative estimate of drug-likeness (QED) is 0.770. The van der Waals surface area contributed by atoms with Crippen LogP contribution in [0.15, 0.2) is 41.8 Å². The molecule has 1 aromatic heterocycles. The van der Waals surface area contributed by atoms with Crippen LogP contribution >= 0.6 is 11.3 Å². The van der Waals surface area contributed by atoms with Crippen LogP contribution in [0.25, 0.3) is 0 Å². The molecular weight excluding hydrogens is 379 g/mol. The van der Waals surface area contributed by atoms with Gasteiger partial charge in [-0.3, -0.25) is 9.59 Å². The highest BCUT2D eigenvalue weighted by Crippen LogP contribution is 2.29. The number of rotatable bonds is 5. The van der Waals surface area contributed by atoms with Crippen molar-refractivity contribution in [3.63, 3.8) is 0 Å². The topological polar surface area (TPSA) is 49.9 Å². The highest BCUT2D eigenvalue weighted by Gasteiger charge is 2.39. The summed E-state index contributed by atoms with van der Waals surface area (Å²) in [6.45, 7) is 2.23. The van der Waals surface area contributed by atoms with Gasteiger partial charge >= 0.3 is 0 Å². The van der Waals surface area contributed by atoms with Gasteiger partial charge in [0.1, 0.15) is 5.82 Å². The average molecular weight is 402 g/mol. The molecule has 148 valence electrons. The molecule has 4 rings (SSSR count). The molecule has 0 spiro atoms. The molecule has 0 saturated carbocycles. The van der Waals surface area contributed by atoms with Gasteiger partial charge in [-0.05, 0) is 48.6 Å². The second kappa shape index (κ2) is 8.41. The number of nitrogens with zero attached hydrogens (tertiary/aromatic N) is 2. The average Bonchev–Trinajstić information content (AvgIpc) is 3.37. The third kappa shape index (κ3) is 4.10. The highest BCUT2D eigenvalue weighted by molar-refractivity contribution is 7.09. The third-order valence-corrected chi connectivity index (χ3v) is 6.29. The van der Waals surface area contributed by atoms with E-state index in [2.05, 4.69) is 0 Å². The lowest BCUT2D eigenvalue weighted by Gasteiger charge is -2.35. The number of anilines is 1. The van der Waals surface area contributed by atoms with Crippen molar-refractivity contribution in [1.29, 1.82) is 0 Å². The van der Waals surface area contributed by atoms with Crippen molar-refractivity contribution in [2.75, 3.05) is 24.7 Å². The van der Waals surface area contributed by atoms with Gasteiger partial charge in [0.05, 0.1) is 12.5 Å². The predicted octanol–water partition coefficient (Wildman–Crippen LogP) is 3.45. The Bertz CT molecular complexity index is 819. The fourth-order valence-electron chi connectivity index (χ4n) is 3.93. The SMILES string of the molecule is O=C1CC(C(=O)N(Cc2cccs2)C2CCOCC2)CN1c1ccc(F)cc1. The number of carbonyl (C=O) groups excluding carboxylic acids is 2. The Balaban J connectivity index is 1.51. The van der Waals surface area contributed by atoms with E-state index in [-0.39, 0.29) is 36.0 Å². The molecule has 2 amide bonds. The number of ether oxygens (including phenoxy) is 1. The smallest absolute Gasteiger partial charge is 0.228 e. The minimum atomic E-state index is -0.375. The minimum Gasteiger partial charge on any atom is -0.381 e. The lowest BCUT2D eigenvalue weighted by Crippen LogP contribution is -2.46. The van der Waals surface area contributed by atoms with Crippen LogP contribution in [0.2, 0.25) is 0 Å². The molecule has 1 aromatic carbocycles. The summed E-state index contributed by atoms with van der Waals surface area (Å²) in [6, 6.07) is 10.0. The molecule has 2 aliphatic rings. The molecule has 5 nitrogen and oxygen atoms in total. The maximum absolute atomic E-state index is 13.4. The Morgan fingerprint density at radius 3 is 2.64 bits per heavy atom. The molecule has 0 aliphatic carbocycles. The fourth-order valence-corrected chi connectivity index (χ4v) is 4.63. The molecule has 7 heteroatoms. The second-order valence-corrected chi connectivity index (χ2v) is 8.30. The molecule has 0 radical (unpaired) electrons. The van der Waals surface area contributed by atoms with Crippen LogP contribution in [0.4, 0.5) is 10.1 Å². The lowest BCUT2D eigenvalue weighted by atomic mass is 10.0. The number of amides is 2. The maximum Gasteiger partial charge on any atom is 0.228 e. The van der Waals surface area contributed by atoms with E-state index < -0.39 is 0 Å². The van der Waals surface area contributed by atoms with Crippen molar-refractivity contribution in [3.8, 4) is 0 Å². The first kappa shape index (κ1) is 19.1. The summed E-state index contributed by atoms with van der Waals surface area (Å²) in [6.07, 6.45) is 1.83. The van der Waals surface area contributed by atoms with Crippen LogP contribution in [0.5, 0.6) is 0 Å². The number of hydrogen-bond donors (Lipinski definition) is 0. The molecule has 0 bridgehead atoms. The summed E-state index contributed by atoms with van der Waals surface area (Å²) >= 11 is 1.64. The Morgan fingerprint density at radius 1 is 1.21 bits per heavy atom. The molecule has 0 N–H and O–H groups in total. The number of halogens is 1. The number of benzene rings is 1. The van der Waals surface area contributed by atoms with E-state index in [0.717, 1.165) is 17.7 Å². The fraction of sp³-hybridized carbons (Fsp3) is 0.429. The van der Waals surface area contributed by atoms with Crippen LogP contribution in [0.3, 0.4) is 0 Å². The monoisotopic (exact) mass is 402 g/mol. The maximum atomic E-state index is 13.4. The van der Waals surface area contributed by atoms with E-state index in [4.69, 9.17) is 4.74 Å². The largest absolute Gasteiger partial charge is 0.381 e. The highest BCUT2D eigenvalue weighted by atomic mass is 32.1. The first-order chi connectivity index (χ1) is 13.6. The zero-order valence-corrected chi connectivity index (χ0v) is 16.4. The third-order valence-electron chi connectivity index (χ3n) is 5.43. The molecule has 2 aliphatic heterocycles. The predicted molar refractivity (Wildman–Crippen MR) is 106 cm³/mol. The van der Waals surface area contributed by atoms with E-state index in [9.17, 15) is 14.0 Å². The van der Waals surface area contributed by atoms with Crippen molar-refractivity contribution in [1.82, 2.24) is 4.90 Å². The number of carbonyl (C=O) groups is 2. The first-order valence-corrected chi connectivity index (χ1v) is 10.5. The normalized spacial score (nSPS) is 20.5. The lowest BCUT2D eigenvalue weighted by molar-refractivity contribution is -0.140. The van der Waals surface area contributed by atoms with Gasteiger partial charge < -0.3 is 14.5 Å². The number of hydrogen-bond acceptors (Lipinski definition) is 4. The van der Waals surface area contributed by atoms with Crippen LogP contribution in [-0.4, -0.2) is 42.5 Å². The van der Waals surface area contributed by atoms with Crippen LogP contribution < -0.4 is 4.90 Å². The van der Waals surface area contributed by atoms with Gasteiger partial charge in [0.15, 0.2) is 0 Å². The van der Waals surface area contributed by atoms with Gasteiger partial charge in [-0.1, -0.05) is 6.07 Å². The van der Waals surface area contributed by atoms with E-state index >= 15 is 0 Å². The van der Waals surface area contributed by atoms with E-state index in [1.165, 1.54) is 12.1 Å². The van der Waals surface area contributed by atoms with E-state index in [1.54, 1.807) is 28.4 Å². The Labute approximate surface area is 167 Å². The number of thiophene rings is 1. The summed E-state index contributed by atoms with van der Waals surface area (Å²) < 4.78 is 18.7. The molecule has 28 heavy (non-hydrogen) atoms. The summed E-state index contributed by atoms with van der Waals surface area (Å²) in [4.78, 5) is 30.6. The molecule has 1 unspecified atom stereocenters. The Morgan fingerprint density at radius 2 is 1.96 bits per heavy atom. The standard InChI is InChI=1S/C21H23FN2O3S/c22-16-3-5-17(6-4-16)23-13-15(12-20(23)25)21(26)24(14-19-2-1-11-28-19)18-7-9-27-10-8-18/h1-6,11,15,18H,7-10,12-14H2. The van der Waals surface area contributed by atoms with Gasteiger partial charge in [-0.25, -0.2) is 4.39 Å². The molecular formula is C21H23FN2O3S. The Hall–Kier alpha value is -2.25. The van der Waals surface area contributed by atoms with Gasteiger partial charge in [-0.15, -0.1) is 11.3 Å². The van der Waals surface area contributed by atoms with Crippen LogP contribution in [0, 0.1) is 11.7 Å². The summed E-state index contributed by atoms with van der Waals surface area (Å²) in [7, 11) is 0. The Kier molecular flexibility index (Phi) is 5.73. The van der Waals surface area contributed by atoms with Crippen LogP contribution in [-0.2, 0) is 20.9 Å². The second-order valence-electron chi connectivity index (χ2n) is 7.27. The summed E-state index contributed by atoms with van der Waals surface area (Å²) in [5.74, 6) is -0.781. The molecule has 1 atom stereocenters. The van der Waals surface area contributed by atoms with Crippen molar-refractivity contribution < 1.29 is 18.7 Å². The van der Waals surface area contributed by atoms with E-state index in [1.807, 2.05) is 22.4 Å². The molecule has 2 saturated heterocycles. The van der Waals surface area contributed by atoms with Gasteiger partial charge in [0.2, 0.25) is 11.8 Å². The molecule has 3 heterocycles. The summed E-state index contributed by atoms with van der Waals surface area (Å²) in [5, 5.41) is 2.01. The van der Waals surface area contributed by atoms with Crippen molar-refractivity contribution in [2.45, 2.75) is 31.8 Å². The van der Waals surface area contributed by atoms with Gasteiger partial charge in [-0.2, -0.15) is 0 Å². The van der Waals surface area contributed by atoms with Crippen LogP contribution in [0.1, 0.15) is 24.1 Å². The van der Waals surface area contributed by atoms with E-state index in [0.29, 0.717) is 32.0 Å².